The number of aliphatic hydroxyl groups excluding tert-OH is 1. The van der Waals surface area contributed by atoms with Gasteiger partial charge in [-0.3, -0.25) is 9.11 Å². The molecule has 0 aliphatic heterocycles. The number of methoxy groups -OCH3 is 1. The Balaban J connectivity index is 2.92. The van der Waals surface area contributed by atoms with E-state index in [9.17, 15) is 9.11 Å². The summed E-state index contributed by atoms with van der Waals surface area (Å²) >= 11 is 0. The van der Waals surface area contributed by atoms with E-state index in [4.69, 9.17) is 9.84 Å². The van der Waals surface area contributed by atoms with Crippen LogP contribution in [0.25, 0.3) is 0 Å². The SMILES string of the molecule is COc1ccc(S(O)(O)CO)cc1. The lowest BCUT2D eigenvalue weighted by Gasteiger charge is -2.29. The molecule has 0 unspecified atom stereocenters. The largest absolute Gasteiger partial charge is 0.497 e. The molecule has 0 aliphatic rings. The van der Waals surface area contributed by atoms with Crippen LogP contribution in [-0.4, -0.2) is 27.3 Å². The van der Waals surface area contributed by atoms with Crippen molar-refractivity contribution in [2.24, 2.45) is 0 Å². The Morgan fingerprint density at radius 2 is 1.77 bits per heavy atom. The fourth-order valence-corrected chi connectivity index (χ4v) is 1.59. The first-order valence-corrected chi connectivity index (χ1v) is 5.32. The minimum atomic E-state index is -3.02. The van der Waals surface area contributed by atoms with Gasteiger partial charge >= 0.3 is 0 Å². The van der Waals surface area contributed by atoms with E-state index in [1.165, 1.54) is 19.2 Å². The van der Waals surface area contributed by atoms with Crippen molar-refractivity contribution < 1.29 is 18.9 Å². The summed E-state index contributed by atoms with van der Waals surface area (Å²) in [7, 11) is -1.50. The summed E-state index contributed by atoms with van der Waals surface area (Å²) in [6.07, 6.45) is 0. The number of benzene rings is 1. The van der Waals surface area contributed by atoms with E-state index in [0.29, 0.717) is 10.6 Å². The molecule has 0 atom stereocenters. The highest BCUT2D eigenvalue weighted by molar-refractivity contribution is 8.24. The van der Waals surface area contributed by atoms with Gasteiger partial charge in [-0.2, -0.15) is 0 Å². The summed E-state index contributed by atoms with van der Waals surface area (Å²) in [6.45, 7) is 0. The van der Waals surface area contributed by atoms with Crippen LogP contribution in [-0.2, 0) is 0 Å². The van der Waals surface area contributed by atoms with E-state index in [1.807, 2.05) is 0 Å². The van der Waals surface area contributed by atoms with E-state index < -0.39 is 16.5 Å². The highest BCUT2D eigenvalue weighted by Crippen LogP contribution is 2.46. The fourth-order valence-electron chi connectivity index (χ4n) is 0.868. The normalized spacial score (nSPS) is 12.6. The molecule has 0 saturated heterocycles. The molecular formula is C8H12O4S. The number of aliphatic hydroxyl groups is 1. The summed E-state index contributed by atoms with van der Waals surface area (Å²) in [5.74, 6) is -0.0174. The third-order valence-corrected chi connectivity index (χ3v) is 3.00. The Kier molecular flexibility index (Phi) is 3.16. The van der Waals surface area contributed by atoms with Crippen molar-refractivity contribution in [3.05, 3.63) is 24.3 Å². The van der Waals surface area contributed by atoms with Crippen LogP contribution in [0.4, 0.5) is 0 Å². The van der Waals surface area contributed by atoms with Crippen molar-refractivity contribution in [1.29, 1.82) is 0 Å². The molecule has 13 heavy (non-hydrogen) atoms. The average molecular weight is 204 g/mol. The molecule has 0 aromatic heterocycles. The fraction of sp³-hybridized carbons (Fsp3) is 0.250. The van der Waals surface area contributed by atoms with Crippen LogP contribution < -0.4 is 4.74 Å². The van der Waals surface area contributed by atoms with E-state index in [0.717, 1.165) is 0 Å². The molecule has 0 amide bonds. The van der Waals surface area contributed by atoms with Crippen molar-refractivity contribution in [3.8, 4) is 5.75 Å². The van der Waals surface area contributed by atoms with Gasteiger partial charge in [-0.25, -0.2) is 0 Å². The van der Waals surface area contributed by atoms with Gasteiger partial charge in [0.15, 0.2) is 0 Å². The van der Waals surface area contributed by atoms with Gasteiger partial charge in [0.2, 0.25) is 0 Å². The predicted molar refractivity (Wildman–Crippen MR) is 51.2 cm³/mol. The summed E-state index contributed by atoms with van der Waals surface area (Å²) in [4.78, 5) is 0.316. The Morgan fingerprint density at radius 1 is 1.23 bits per heavy atom. The molecule has 0 aliphatic carbocycles. The minimum absolute atomic E-state index is 0.316. The van der Waals surface area contributed by atoms with Crippen LogP contribution in [0.3, 0.4) is 0 Å². The molecule has 1 aromatic rings. The minimum Gasteiger partial charge on any atom is -0.497 e. The van der Waals surface area contributed by atoms with E-state index in [2.05, 4.69) is 0 Å². The molecule has 0 saturated carbocycles. The second-order valence-electron chi connectivity index (χ2n) is 2.47. The predicted octanol–water partition coefficient (Wildman–Crippen LogP) is 1.75. The number of hydrogen-bond donors (Lipinski definition) is 3. The van der Waals surface area contributed by atoms with E-state index >= 15 is 0 Å². The molecule has 0 spiro atoms. The third-order valence-electron chi connectivity index (χ3n) is 1.62. The van der Waals surface area contributed by atoms with Crippen LogP contribution in [0.1, 0.15) is 0 Å². The molecular weight excluding hydrogens is 192 g/mol. The van der Waals surface area contributed by atoms with Crippen LogP contribution in [0.15, 0.2) is 29.2 Å². The van der Waals surface area contributed by atoms with Crippen molar-refractivity contribution in [2.75, 3.05) is 13.0 Å². The topological polar surface area (TPSA) is 69.9 Å². The monoisotopic (exact) mass is 204 g/mol. The van der Waals surface area contributed by atoms with Crippen LogP contribution >= 0.6 is 10.6 Å². The third kappa shape index (κ3) is 2.35. The Morgan fingerprint density at radius 3 is 2.15 bits per heavy atom. The van der Waals surface area contributed by atoms with Crippen LogP contribution in [0.2, 0.25) is 0 Å². The number of ether oxygens (including phenoxy) is 1. The van der Waals surface area contributed by atoms with Crippen molar-refractivity contribution >= 4 is 10.6 Å². The van der Waals surface area contributed by atoms with Gasteiger partial charge in [-0.15, -0.1) is 10.6 Å². The van der Waals surface area contributed by atoms with Crippen LogP contribution in [0.5, 0.6) is 5.75 Å². The molecule has 4 nitrogen and oxygen atoms in total. The van der Waals surface area contributed by atoms with Gasteiger partial charge < -0.3 is 9.84 Å². The Bertz CT molecular complexity index is 270. The molecule has 3 N–H and O–H groups in total. The number of rotatable bonds is 3. The quantitative estimate of drug-likeness (QED) is 0.701. The van der Waals surface area contributed by atoms with Crippen molar-refractivity contribution in [1.82, 2.24) is 0 Å². The lowest BCUT2D eigenvalue weighted by molar-refractivity contribution is 0.334. The van der Waals surface area contributed by atoms with Crippen LogP contribution in [0, 0.1) is 0 Å². The van der Waals surface area contributed by atoms with Gasteiger partial charge in [0.1, 0.15) is 11.7 Å². The molecule has 5 heteroatoms. The van der Waals surface area contributed by atoms with E-state index in [1.54, 1.807) is 12.1 Å². The summed E-state index contributed by atoms with van der Waals surface area (Å²) in [5, 5.41) is 8.68. The summed E-state index contributed by atoms with van der Waals surface area (Å²) < 4.78 is 23.5. The first-order valence-electron chi connectivity index (χ1n) is 3.61. The Hall–Kier alpha value is -0.750. The lowest BCUT2D eigenvalue weighted by Crippen LogP contribution is -2.02. The zero-order valence-electron chi connectivity index (χ0n) is 7.17. The number of hydrogen-bond acceptors (Lipinski definition) is 4. The molecule has 74 valence electrons. The van der Waals surface area contributed by atoms with Gasteiger partial charge in [-0.1, -0.05) is 0 Å². The highest BCUT2D eigenvalue weighted by Gasteiger charge is 2.13. The zero-order chi connectivity index (χ0) is 9.90. The maximum atomic E-state index is 9.31. The highest BCUT2D eigenvalue weighted by atomic mass is 32.3. The molecule has 1 aromatic carbocycles. The smallest absolute Gasteiger partial charge is 0.137 e. The molecule has 0 radical (unpaired) electrons. The Labute approximate surface area is 78.1 Å². The standard InChI is InChI=1S/C8H12O4S/c1-12-7-2-4-8(5-3-7)13(10,11)6-9/h2-5,9-11H,6H2,1H3. The molecule has 0 heterocycles. The first kappa shape index (κ1) is 10.3. The van der Waals surface area contributed by atoms with Gasteiger partial charge in [-0.05, 0) is 24.3 Å². The van der Waals surface area contributed by atoms with Crippen molar-refractivity contribution in [3.63, 3.8) is 0 Å². The summed E-state index contributed by atoms with van der Waals surface area (Å²) in [5.41, 5.74) is 0. The zero-order valence-corrected chi connectivity index (χ0v) is 7.99. The van der Waals surface area contributed by atoms with Gasteiger partial charge in [0, 0.05) is 0 Å². The molecule has 0 bridgehead atoms. The van der Waals surface area contributed by atoms with Gasteiger partial charge in [0.25, 0.3) is 0 Å². The second kappa shape index (κ2) is 3.97. The maximum Gasteiger partial charge on any atom is 0.137 e. The second-order valence-corrected chi connectivity index (χ2v) is 4.53. The first-order chi connectivity index (χ1) is 6.10. The van der Waals surface area contributed by atoms with E-state index in [-0.39, 0.29) is 0 Å². The maximum absolute atomic E-state index is 9.31. The summed E-state index contributed by atoms with van der Waals surface area (Å²) in [6, 6.07) is 6.26. The molecule has 1 rings (SSSR count). The average Bonchev–Trinajstić information content (AvgIpc) is 2.18. The lowest BCUT2D eigenvalue weighted by atomic mass is 10.3. The van der Waals surface area contributed by atoms with Gasteiger partial charge in [0.05, 0.1) is 12.0 Å². The molecule has 0 fully saturated rings. The van der Waals surface area contributed by atoms with Crippen molar-refractivity contribution in [2.45, 2.75) is 4.90 Å².